The molecule has 3 aliphatic rings. The number of carbonyl (C=O) groups is 2. The van der Waals surface area contributed by atoms with E-state index in [0.29, 0.717) is 19.4 Å². The third-order valence-corrected chi connectivity index (χ3v) is 7.17. The molecule has 150 valence electrons. The fourth-order valence-electron chi connectivity index (χ4n) is 5.62. The van der Waals surface area contributed by atoms with Crippen LogP contribution in [-0.4, -0.2) is 29.8 Å². The van der Waals surface area contributed by atoms with Crippen LogP contribution in [0.3, 0.4) is 0 Å². The lowest BCUT2D eigenvalue weighted by Gasteiger charge is -2.48. The fraction of sp³-hybridized carbons (Fsp3) is 0.417. The zero-order valence-corrected chi connectivity index (χ0v) is 16.2. The maximum Gasteiger partial charge on any atom is 0.407 e. The van der Waals surface area contributed by atoms with Crippen molar-refractivity contribution in [2.45, 2.75) is 37.6 Å². The monoisotopic (exact) mass is 391 g/mol. The van der Waals surface area contributed by atoms with Gasteiger partial charge in [-0.3, -0.25) is 4.79 Å². The number of carboxylic acid groups (broad SMARTS) is 1. The van der Waals surface area contributed by atoms with Crippen molar-refractivity contribution in [2.75, 3.05) is 6.61 Å². The molecule has 0 bridgehead atoms. The van der Waals surface area contributed by atoms with Gasteiger partial charge in [0.05, 0.1) is 5.92 Å². The van der Waals surface area contributed by atoms with E-state index < -0.39 is 12.1 Å². The quantitative estimate of drug-likeness (QED) is 0.809. The molecule has 4 unspecified atom stereocenters. The SMILES string of the molecule is O=C(NC1CCC(C(=O)O)C2CCC12)OCC1c2ccccc2-c2ccccc21. The predicted molar refractivity (Wildman–Crippen MR) is 109 cm³/mol. The number of carbonyl (C=O) groups excluding carboxylic acids is 1. The summed E-state index contributed by atoms with van der Waals surface area (Å²) in [7, 11) is 0. The van der Waals surface area contributed by atoms with E-state index in [1.54, 1.807) is 0 Å². The van der Waals surface area contributed by atoms with Crippen LogP contribution in [0.1, 0.15) is 42.7 Å². The Bertz CT molecular complexity index is 910. The lowest BCUT2D eigenvalue weighted by molar-refractivity contribution is -0.149. The lowest BCUT2D eigenvalue weighted by atomic mass is 9.58. The molecule has 2 aromatic rings. The van der Waals surface area contributed by atoms with Gasteiger partial charge in [0.1, 0.15) is 6.61 Å². The van der Waals surface area contributed by atoms with E-state index in [2.05, 4.69) is 29.6 Å². The van der Waals surface area contributed by atoms with Gasteiger partial charge in [-0.15, -0.1) is 0 Å². The van der Waals surface area contributed by atoms with Crippen LogP contribution in [0.5, 0.6) is 0 Å². The average molecular weight is 391 g/mol. The van der Waals surface area contributed by atoms with E-state index in [4.69, 9.17) is 4.74 Å². The molecule has 0 aliphatic heterocycles. The van der Waals surface area contributed by atoms with Crippen LogP contribution in [0, 0.1) is 17.8 Å². The standard InChI is InChI=1S/C24H25NO4/c26-23(27)20-11-12-22(19-10-9-18(19)20)25-24(28)29-13-21-16-7-3-1-5-14(16)15-6-2-4-8-17(15)21/h1-8,18-22H,9-13H2,(H,25,28)(H,26,27). The number of rotatable bonds is 4. The topological polar surface area (TPSA) is 75.6 Å². The van der Waals surface area contributed by atoms with Crippen LogP contribution in [0.25, 0.3) is 11.1 Å². The summed E-state index contributed by atoms with van der Waals surface area (Å²) in [4.78, 5) is 23.9. The number of hydrogen-bond donors (Lipinski definition) is 2. The summed E-state index contributed by atoms with van der Waals surface area (Å²) in [5.41, 5.74) is 4.81. The predicted octanol–water partition coefficient (Wildman–Crippen LogP) is 4.41. The number of aliphatic carboxylic acids is 1. The number of benzene rings is 2. The minimum Gasteiger partial charge on any atom is -0.481 e. The molecule has 0 aromatic heterocycles. The second-order valence-corrected chi connectivity index (χ2v) is 8.50. The number of hydrogen-bond acceptors (Lipinski definition) is 3. The van der Waals surface area contributed by atoms with Gasteiger partial charge < -0.3 is 15.2 Å². The second-order valence-electron chi connectivity index (χ2n) is 8.50. The number of nitrogens with one attached hydrogen (secondary N) is 1. The van der Waals surface area contributed by atoms with E-state index in [9.17, 15) is 14.7 Å². The van der Waals surface area contributed by atoms with Crippen LogP contribution < -0.4 is 5.32 Å². The molecule has 0 radical (unpaired) electrons. The second kappa shape index (κ2) is 7.21. The first-order chi connectivity index (χ1) is 14.1. The number of alkyl carbamates (subject to hydrolysis) is 1. The lowest BCUT2D eigenvalue weighted by Crippen LogP contribution is -2.53. The first kappa shape index (κ1) is 18.2. The highest BCUT2D eigenvalue weighted by Gasteiger charge is 2.48. The van der Waals surface area contributed by atoms with Gasteiger partial charge >= 0.3 is 12.1 Å². The van der Waals surface area contributed by atoms with E-state index in [1.165, 1.54) is 22.3 Å². The van der Waals surface area contributed by atoms with Gasteiger partial charge in [0, 0.05) is 12.0 Å². The molecule has 0 spiro atoms. The molecule has 5 heteroatoms. The van der Waals surface area contributed by atoms with Crippen molar-refractivity contribution >= 4 is 12.1 Å². The molecular weight excluding hydrogens is 366 g/mol. The third-order valence-electron chi connectivity index (χ3n) is 7.17. The van der Waals surface area contributed by atoms with Crippen molar-refractivity contribution in [3.05, 3.63) is 59.7 Å². The molecule has 0 saturated heterocycles. The molecule has 4 atom stereocenters. The summed E-state index contributed by atoms with van der Waals surface area (Å²) < 4.78 is 5.66. The Morgan fingerprint density at radius 3 is 2.10 bits per heavy atom. The Morgan fingerprint density at radius 1 is 0.897 bits per heavy atom. The van der Waals surface area contributed by atoms with Crippen molar-refractivity contribution < 1.29 is 19.4 Å². The highest BCUT2D eigenvalue weighted by Crippen LogP contribution is 2.48. The van der Waals surface area contributed by atoms with Crippen LogP contribution in [0.2, 0.25) is 0 Å². The van der Waals surface area contributed by atoms with Gasteiger partial charge in [0.15, 0.2) is 0 Å². The summed E-state index contributed by atoms with van der Waals surface area (Å²) in [6.07, 6.45) is 2.89. The normalized spacial score (nSPS) is 27.2. The van der Waals surface area contributed by atoms with E-state index in [1.807, 2.05) is 24.3 Å². The zero-order valence-electron chi connectivity index (χ0n) is 16.2. The maximum atomic E-state index is 12.5. The van der Waals surface area contributed by atoms with Crippen molar-refractivity contribution in [2.24, 2.45) is 17.8 Å². The molecule has 3 aliphatic carbocycles. The number of fused-ring (bicyclic) bond motifs is 4. The average Bonchev–Trinajstić information content (AvgIpc) is 3.01. The molecule has 5 rings (SSSR count). The number of carboxylic acids is 1. The first-order valence-electron chi connectivity index (χ1n) is 10.5. The van der Waals surface area contributed by atoms with Crippen molar-refractivity contribution in [3.8, 4) is 11.1 Å². The van der Waals surface area contributed by atoms with Crippen molar-refractivity contribution in [3.63, 3.8) is 0 Å². The molecule has 2 aromatic carbocycles. The first-order valence-corrected chi connectivity index (χ1v) is 10.5. The Morgan fingerprint density at radius 2 is 1.52 bits per heavy atom. The fourth-order valence-corrected chi connectivity index (χ4v) is 5.62. The van der Waals surface area contributed by atoms with Crippen LogP contribution in [0.15, 0.2) is 48.5 Å². The van der Waals surface area contributed by atoms with E-state index in [-0.39, 0.29) is 29.7 Å². The molecule has 2 saturated carbocycles. The minimum absolute atomic E-state index is 0.0278. The minimum atomic E-state index is -0.695. The molecule has 2 N–H and O–H groups in total. The number of amides is 1. The maximum absolute atomic E-state index is 12.5. The summed E-state index contributed by atoms with van der Waals surface area (Å²) in [6, 6.07) is 16.6. The van der Waals surface area contributed by atoms with Crippen molar-refractivity contribution in [1.29, 1.82) is 0 Å². The Kier molecular flexibility index (Phi) is 4.53. The van der Waals surface area contributed by atoms with Gasteiger partial charge in [-0.05, 0) is 59.8 Å². The third kappa shape index (κ3) is 3.09. The molecule has 29 heavy (non-hydrogen) atoms. The summed E-state index contributed by atoms with van der Waals surface area (Å²) >= 11 is 0. The van der Waals surface area contributed by atoms with Gasteiger partial charge in [-0.1, -0.05) is 48.5 Å². The van der Waals surface area contributed by atoms with Gasteiger partial charge in [-0.25, -0.2) is 4.79 Å². The van der Waals surface area contributed by atoms with Gasteiger partial charge in [0.25, 0.3) is 0 Å². The van der Waals surface area contributed by atoms with E-state index >= 15 is 0 Å². The van der Waals surface area contributed by atoms with Crippen LogP contribution in [-0.2, 0) is 9.53 Å². The molecule has 0 heterocycles. The van der Waals surface area contributed by atoms with Crippen LogP contribution in [0.4, 0.5) is 4.79 Å². The molecule has 5 nitrogen and oxygen atoms in total. The van der Waals surface area contributed by atoms with E-state index in [0.717, 1.165) is 12.8 Å². The largest absolute Gasteiger partial charge is 0.481 e. The number of ether oxygens (including phenoxy) is 1. The zero-order chi connectivity index (χ0) is 20.0. The Balaban J connectivity index is 1.24. The summed E-state index contributed by atoms with van der Waals surface area (Å²) in [5.74, 6) is -0.439. The Labute approximate surface area is 170 Å². The molecular formula is C24H25NO4. The summed E-state index contributed by atoms with van der Waals surface area (Å²) in [6.45, 7) is 0.304. The van der Waals surface area contributed by atoms with Gasteiger partial charge in [0.2, 0.25) is 0 Å². The highest BCUT2D eigenvalue weighted by molar-refractivity contribution is 5.79. The highest BCUT2D eigenvalue weighted by atomic mass is 16.5. The Hall–Kier alpha value is -2.82. The molecule has 2 fully saturated rings. The molecule has 1 amide bonds. The summed E-state index contributed by atoms with van der Waals surface area (Å²) in [5, 5.41) is 12.4. The van der Waals surface area contributed by atoms with Crippen molar-refractivity contribution in [1.82, 2.24) is 5.32 Å². The van der Waals surface area contributed by atoms with Crippen LogP contribution >= 0.6 is 0 Å². The smallest absolute Gasteiger partial charge is 0.407 e. The van der Waals surface area contributed by atoms with Gasteiger partial charge in [-0.2, -0.15) is 0 Å².